The van der Waals surface area contributed by atoms with Gasteiger partial charge in [0.25, 0.3) is 0 Å². The number of benzene rings is 1. The lowest BCUT2D eigenvalue weighted by molar-refractivity contribution is 0.0636. The molecular formula is C14H20ClNO3. The third kappa shape index (κ3) is 5.39. The van der Waals surface area contributed by atoms with Crippen molar-refractivity contribution in [3.8, 4) is 5.75 Å². The number of alkyl halides is 1. The molecule has 106 valence electrons. The second-order valence-corrected chi connectivity index (χ2v) is 5.28. The van der Waals surface area contributed by atoms with Crippen LogP contribution < -0.4 is 10.1 Å². The molecule has 1 N–H and O–H groups in total. The van der Waals surface area contributed by atoms with E-state index in [1.807, 2.05) is 27.7 Å². The van der Waals surface area contributed by atoms with Crippen molar-refractivity contribution in [1.29, 1.82) is 0 Å². The summed E-state index contributed by atoms with van der Waals surface area (Å²) >= 11 is 5.86. The number of carbonyl (C=O) groups excluding carboxylic acids is 1. The summed E-state index contributed by atoms with van der Waals surface area (Å²) in [5.41, 5.74) is 0.940. The monoisotopic (exact) mass is 285 g/mol. The molecule has 1 aromatic rings. The van der Waals surface area contributed by atoms with Gasteiger partial charge in [-0.15, -0.1) is 11.6 Å². The molecule has 19 heavy (non-hydrogen) atoms. The van der Waals surface area contributed by atoms with E-state index >= 15 is 0 Å². The Morgan fingerprint density at radius 1 is 1.37 bits per heavy atom. The highest BCUT2D eigenvalue weighted by Gasteiger charge is 2.16. The summed E-state index contributed by atoms with van der Waals surface area (Å²) in [6.07, 6.45) is -0.489. The molecule has 0 aliphatic carbocycles. The fourth-order valence-electron chi connectivity index (χ4n) is 1.48. The van der Waals surface area contributed by atoms with Crippen LogP contribution in [0.2, 0.25) is 0 Å². The number of carbonyl (C=O) groups is 1. The zero-order valence-electron chi connectivity index (χ0n) is 11.7. The maximum absolute atomic E-state index is 11.6. The molecule has 0 bridgehead atoms. The van der Waals surface area contributed by atoms with Gasteiger partial charge in [-0.1, -0.05) is 0 Å². The number of rotatable bonds is 4. The van der Waals surface area contributed by atoms with Gasteiger partial charge in [-0.2, -0.15) is 0 Å². The van der Waals surface area contributed by atoms with E-state index in [1.165, 1.54) is 0 Å². The summed E-state index contributed by atoms with van der Waals surface area (Å²) < 4.78 is 10.6. The van der Waals surface area contributed by atoms with Crippen LogP contribution in [-0.2, 0) is 10.6 Å². The van der Waals surface area contributed by atoms with Crippen molar-refractivity contribution >= 4 is 23.4 Å². The van der Waals surface area contributed by atoms with Crippen LogP contribution in [0.4, 0.5) is 10.5 Å². The van der Waals surface area contributed by atoms with Crippen molar-refractivity contribution in [2.45, 2.75) is 39.2 Å². The van der Waals surface area contributed by atoms with E-state index < -0.39 is 11.7 Å². The van der Waals surface area contributed by atoms with Gasteiger partial charge < -0.3 is 9.47 Å². The number of amides is 1. The fraction of sp³-hybridized carbons (Fsp3) is 0.500. The zero-order chi connectivity index (χ0) is 14.5. The highest BCUT2D eigenvalue weighted by atomic mass is 35.5. The first-order chi connectivity index (χ1) is 8.85. The Kier molecular flexibility index (Phi) is 5.48. The average molecular weight is 286 g/mol. The number of hydrogen-bond acceptors (Lipinski definition) is 3. The maximum atomic E-state index is 11.6. The predicted octanol–water partition coefficient (Wildman–Crippen LogP) is 4.17. The van der Waals surface area contributed by atoms with Gasteiger partial charge in [0.15, 0.2) is 0 Å². The second kappa shape index (κ2) is 6.66. The summed E-state index contributed by atoms with van der Waals surface area (Å²) in [6.45, 7) is 7.92. The number of ether oxygens (including phenoxy) is 2. The van der Waals surface area contributed by atoms with Gasteiger partial charge >= 0.3 is 6.09 Å². The normalized spacial score (nSPS) is 11.0. The molecule has 0 saturated heterocycles. The molecule has 0 radical (unpaired) electrons. The summed E-state index contributed by atoms with van der Waals surface area (Å²) in [7, 11) is 0. The van der Waals surface area contributed by atoms with E-state index in [-0.39, 0.29) is 0 Å². The fourth-order valence-corrected chi connectivity index (χ4v) is 1.69. The molecule has 0 saturated carbocycles. The van der Waals surface area contributed by atoms with Crippen LogP contribution >= 0.6 is 11.6 Å². The molecule has 0 aromatic heterocycles. The Balaban J connectivity index is 2.77. The number of hydrogen-bond donors (Lipinski definition) is 1. The minimum absolute atomic E-state index is 0.319. The lowest BCUT2D eigenvalue weighted by Crippen LogP contribution is -2.27. The van der Waals surface area contributed by atoms with Crippen LogP contribution in [0.15, 0.2) is 18.2 Å². The lowest BCUT2D eigenvalue weighted by atomic mass is 10.2. The van der Waals surface area contributed by atoms with Crippen LogP contribution in [0.25, 0.3) is 0 Å². The summed E-state index contributed by atoms with van der Waals surface area (Å²) in [5.74, 6) is 1.05. The highest BCUT2D eigenvalue weighted by molar-refractivity contribution is 6.17. The Morgan fingerprint density at radius 3 is 2.58 bits per heavy atom. The Hall–Kier alpha value is -1.42. The maximum Gasteiger partial charge on any atom is 0.412 e. The molecule has 0 spiro atoms. The smallest absolute Gasteiger partial charge is 0.412 e. The molecule has 0 atom stereocenters. The number of halogens is 1. The Bertz CT molecular complexity index is 441. The van der Waals surface area contributed by atoms with Gasteiger partial charge in [-0.05, 0) is 45.9 Å². The van der Waals surface area contributed by atoms with Gasteiger partial charge in [-0.3, -0.25) is 5.32 Å². The highest BCUT2D eigenvalue weighted by Crippen LogP contribution is 2.25. The van der Waals surface area contributed by atoms with Gasteiger partial charge in [-0.25, -0.2) is 4.79 Å². The van der Waals surface area contributed by atoms with Crippen LogP contribution in [0.3, 0.4) is 0 Å². The van der Waals surface area contributed by atoms with Crippen LogP contribution in [0.1, 0.15) is 33.3 Å². The molecule has 0 unspecified atom stereocenters. The molecule has 0 aliphatic rings. The summed E-state index contributed by atoms with van der Waals surface area (Å²) in [5, 5.41) is 2.67. The number of nitrogens with one attached hydrogen (secondary N) is 1. The SMILES string of the molecule is CCOc1ccc(NC(=O)OC(C)(C)C)cc1CCl. The first-order valence-electron chi connectivity index (χ1n) is 6.17. The van der Waals surface area contributed by atoms with E-state index in [0.717, 1.165) is 11.3 Å². The molecule has 5 heteroatoms. The molecule has 0 fully saturated rings. The molecule has 1 rings (SSSR count). The first kappa shape index (κ1) is 15.6. The molecular weight excluding hydrogens is 266 g/mol. The largest absolute Gasteiger partial charge is 0.494 e. The average Bonchev–Trinajstić information content (AvgIpc) is 2.28. The van der Waals surface area contributed by atoms with Crippen LogP contribution in [0.5, 0.6) is 5.75 Å². The third-order valence-corrected chi connectivity index (χ3v) is 2.44. The van der Waals surface area contributed by atoms with E-state index in [0.29, 0.717) is 18.2 Å². The molecule has 0 aliphatic heterocycles. The predicted molar refractivity (Wildman–Crippen MR) is 77.0 cm³/mol. The quantitative estimate of drug-likeness (QED) is 0.845. The molecule has 0 heterocycles. The van der Waals surface area contributed by atoms with Crippen LogP contribution in [-0.4, -0.2) is 18.3 Å². The van der Waals surface area contributed by atoms with E-state index in [4.69, 9.17) is 21.1 Å². The van der Waals surface area contributed by atoms with Crippen molar-refractivity contribution in [3.05, 3.63) is 23.8 Å². The molecule has 4 nitrogen and oxygen atoms in total. The first-order valence-corrected chi connectivity index (χ1v) is 6.71. The van der Waals surface area contributed by atoms with Gasteiger partial charge in [0.2, 0.25) is 0 Å². The van der Waals surface area contributed by atoms with Crippen LogP contribution in [0, 0.1) is 0 Å². The summed E-state index contributed by atoms with van der Waals surface area (Å²) in [4.78, 5) is 11.6. The van der Waals surface area contributed by atoms with Gasteiger partial charge in [0.1, 0.15) is 11.4 Å². The lowest BCUT2D eigenvalue weighted by Gasteiger charge is -2.20. The second-order valence-electron chi connectivity index (χ2n) is 5.02. The van der Waals surface area contributed by atoms with E-state index in [9.17, 15) is 4.79 Å². The van der Waals surface area contributed by atoms with Crippen molar-refractivity contribution in [2.24, 2.45) is 0 Å². The standard InChI is InChI=1S/C14H20ClNO3/c1-5-18-12-7-6-11(8-10(12)9-15)16-13(17)19-14(2,3)4/h6-8H,5,9H2,1-4H3,(H,16,17). The topological polar surface area (TPSA) is 47.6 Å². The van der Waals surface area contributed by atoms with Crippen molar-refractivity contribution in [1.82, 2.24) is 0 Å². The Morgan fingerprint density at radius 2 is 2.05 bits per heavy atom. The molecule has 1 aromatic carbocycles. The zero-order valence-corrected chi connectivity index (χ0v) is 12.5. The molecule has 1 amide bonds. The minimum atomic E-state index is -0.523. The van der Waals surface area contributed by atoms with Crippen molar-refractivity contribution in [3.63, 3.8) is 0 Å². The van der Waals surface area contributed by atoms with E-state index in [2.05, 4.69) is 5.32 Å². The van der Waals surface area contributed by atoms with E-state index in [1.54, 1.807) is 18.2 Å². The third-order valence-electron chi connectivity index (χ3n) is 2.15. The summed E-state index contributed by atoms with van der Waals surface area (Å²) in [6, 6.07) is 5.32. The Labute approximate surface area is 119 Å². The minimum Gasteiger partial charge on any atom is -0.494 e. The van der Waals surface area contributed by atoms with Crippen molar-refractivity contribution < 1.29 is 14.3 Å². The van der Waals surface area contributed by atoms with Gasteiger partial charge in [0.05, 0.1) is 12.5 Å². The van der Waals surface area contributed by atoms with Crippen molar-refractivity contribution in [2.75, 3.05) is 11.9 Å². The number of anilines is 1. The van der Waals surface area contributed by atoms with Gasteiger partial charge in [0, 0.05) is 11.3 Å².